The number of aromatic hydroxyl groups is 1. The van der Waals surface area contributed by atoms with Gasteiger partial charge in [-0.2, -0.15) is 9.97 Å². The molecule has 0 saturated carbocycles. The highest BCUT2D eigenvalue weighted by Crippen LogP contribution is 2.41. The summed E-state index contributed by atoms with van der Waals surface area (Å²) in [5.41, 5.74) is 1.20. The number of pyridine rings is 1. The Hall–Kier alpha value is -4.07. The molecule has 2 bridgehead atoms. The van der Waals surface area contributed by atoms with Crippen molar-refractivity contribution in [2.24, 2.45) is 0 Å². The van der Waals surface area contributed by atoms with Crippen LogP contribution in [0.25, 0.3) is 33.1 Å². The molecule has 220 valence electrons. The lowest BCUT2D eigenvalue weighted by Gasteiger charge is -2.34. The summed E-state index contributed by atoms with van der Waals surface area (Å²) in [5, 5.41) is 16.1. The number of piperazine rings is 1. The molecule has 0 radical (unpaired) electrons. The van der Waals surface area contributed by atoms with Crippen molar-refractivity contribution < 1.29 is 18.6 Å². The summed E-state index contributed by atoms with van der Waals surface area (Å²) in [6, 6.07) is 10.7. The zero-order valence-corrected chi connectivity index (χ0v) is 23.7. The maximum atomic E-state index is 14.8. The van der Waals surface area contributed by atoms with Gasteiger partial charge in [-0.1, -0.05) is 12.0 Å². The minimum atomic E-state index is -0.854. The average molecular weight is 583 g/mol. The summed E-state index contributed by atoms with van der Waals surface area (Å²) in [6.45, 7) is 3.26. The van der Waals surface area contributed by atoms with E-state index < -0.39 is 12.0 Å². The normalized spacial score (nSPS) is 26.7. The van der Waals surface area contributed by atoms with Gasteiger partial charge in [-0.15, -0.1) is 6.42 Å². The van der Waals surface area contributed by atoms with Crippen LogP contribution in [0.2, 0.25) is 0 Å². The Morgan fingerprint density at radius 3 is 2.74 bits per heavy atom. The van der Waals surface area contributed by atoms with E-state index in [0.717, 1.165) is 56.5 Å². The van der Waals surface area contributed by atoms with Gasteiger partial charge in [0.25, 0.3) is 0 Å². The minimum Gasteiger partial charge on any atom is -0.508 e. The summed E-state index contributed by atoms with van der Waals surface area (Å²) in [7, 11) is 0. The van der Waals surface area contributed by atoms with Crippen molar-refractivity contribution in [3.05, 3.63) is 47.8 Å². The van der Waals surface area contributed by atoms with Gasteiger partial charge in [-0.05, 0) is 67.9 Å². The summed E-state index contributed by atoms with van der Waals surface area (Å²) < 4.78 is 35.5. The van der Waals surface area contributed by atoms with Crippen molar-refractivity contribution in [3.63, 3.8) is 0 Å². The van der Waals surface area contributed by atoms with Crippen molar-refractivity contribution in [1.29, 1.82) is 0 Å². The molecular weight excluding hydrogens is 550 g/mol. The van der Waals surface area contributed by atoms with Crippen molar-refractivity contribution in [2.45, 2.75) is 55.9 Å². The van der Waals surface area contributed by atoms with Crippen molar-refractivity contribution in [2.75, 3.05) is 37.7 Å². The van der Waals surface area contributed by atoms with E-state index in [1.54, 1.807) is 18.2 Å². The molecule has 2 aromatic heterocycles. The molecular formula is C33H32F2N6O2. The fourth-order valence-corrected chi connectivity index (χ4v) is 7.82. The van der Waals surface area contributed by atoms with Gasteiger partial charge in [0, 0.05) is 49.1 Å². The molecule has 2 N–H and O–H groups in total. The molecule has 43 heavy (non-hydrogen) atoms. The second kappa shape index (κ2) is 10.00. The van der Waals surface area contributed by atoms with Gasteiger partial charge in [0.1, 0.15) is 30.2 Å². The highest BCUT2D eigenvalue weighted by atomic mass is 19.1. The topological polar surface area (TPSA) is 86.6 Å². The summed E-state index contributed by atoms with van der Waals surface area (Å²) in [4.78, 5) is 19.1. The smallest absolute Gasteiger partial charge is 0.320 e. The highest BCUT2D eigenvalue weighted by molar-refractivity contribution is 6.02. The number of terminal acetylenes is 1. The van der Waals surface area contributed by atoms with Crippen molar-refractivity contribution in [3.8, 4) is 35.4 Å². The maximum absolute atomic E-state index is 14.8. The number of phenolic OH excluding ortho intramolecular Hbond substituents is 1. The molecule has 0 aliphatic carbocycles. The number of benzene rings is 2. The van der Waals surface area contributed by atoms with E-state index in [1.807, 2.05) is 12.1 Å². The van der Waals surface area contributed by atoms with Crippen molar-refractivity contribution >= 4 is 27.6 Å². The first-order valence-corrected chi connectivity index (χ1v) is 15.0. The Morgan fingerprint density at radius 1 is 1.09 bits per heavy atom. The third-order valence-corrected chi connectivity index (χ3v) is 9.74. The van der Waals surface area contributed by atoms with Crippen LogP contribution in [0.4, 0.5) is 14.6 Å². The number of phenols is 1. The molecule has 4 saturated heterocycles. The van der Waals surface area contributed by atoms with Gasteiger partial charge in [-0.25, -0.2) is 13.8 Å². The number of halogens is 2. The number of nitrogens with one attached hydrogen (secondary N) is 1. The lowest BCUT2D eigenvalue weighted by atomic mass is 9.95. The Labute approximate surface area is 248 Å². The largest absolute Gasteiger partial charge is 0.508 e. The predicted molar refractivity (Wildman–Crippen MR) is 161 cm³/mol. The number of hydrogen-bond acceptors (Lipinski definition) is 8. The summed E-state index contributed by atoms with van der Waals surface area (Å²) in [6.07, 6.45) is 9.47. The van der Waals surface area contributed by atoms with Gasteiger partial charge in [0.2, 0.25) is 0 Å². The standard InChI is InChI=1S/C33H32F2N6O2/c1-2-24-27(35)8-4-19-12-23(42)13-26(29(19)24)28-9-7-25-30(37-28)38-32(39-31(25)40-16-21-5-6-22(17-40)36-21)43-18-33-10-3-11-41(33)15-20(34)14-33/h1,4,7-9,12-13,20-22,36,42H,3,5-6,10-11,14-18H2/t20?,21?,22?,33-/m0/s1. The zero-order chi connectivity index (χ0) is 29.3. The Balaban J connectivity index is 1.24. The van der Waals surface area contributed by atoms with Crippen molar-refractivity contribution in [1.82, 2.24) is 25.2 Å². The van der Waals surface area contributed by atoms with E-state index in [-0.39, 0.29) is 22.9 Å². The molecule has 2 aromatic carbocycles. The molecule has 8 nitrogen and oxygen atoms in total. The van der Waals surface area contributed by atoms with E-state index in [9.17, 15) is 13.9 Å². The fraction of sp³-hybridized carbons (Fsp3) is 0.424. The SMILES string of the molecule is C#Cc1c(F)ccc2cc(O)cc(-c3ccc4c(N5CC6CCC(C5)N6)nc(OC[C@@]56CCCN5CC(F)C6)nc4n3)c12. The summed E-state index contributed by atoms with van der Waals surface area (Å²) in [5.74, 6) is 2.73. The lowest BCUT2D eigenvalue weighted by Crippen LogP contribution is -2.51. The first-order chi connectivity index (χ1) is 20.9. The average Bonchev–Trinajstić information content (AvgIpc) is 3.65. The molecule has 3 unspecified atom stereocenters. The van der Waals surface area contributed by atoms with E-state index in [4.69, 9.17) is 26.1 Å². The molecule has 0 spiro atoms. The number of rotatable bonds is 5. The third-order valence-electron chi connectivity index (χ3n) is 9.74. The number of nitrogens with zero attached hydrogens (tertiary/aromatic N) is 5. The zero-order valence-electron chi connectivity index (χ0n) is 23.7. The Morgan fingerprint density at radius 2 is 1.93 bits per heavy atom. The van der Waals surface area contributed by atoms with E-state index in [2.05, 4.69) is 21.0 Å². The highest BCUT2D eigenvalue weighted by Gasteiger charge is 2.49. The number of fused-ring (bicyclic) bond motifs is 5. The predicted octanol–water partition coefficient (Wildman–Crippen LogP) is 4.57. The van der Waals surface area contributed by atoms with Crippen LogP contribution in [0.5, 0.6) is 11.8 Å². The van der Waals surface area contributed by atoms with Crippen LogP contribution in [0, 0.1) is 18.2 Å². The van der Waals surface area contributed by atoms with Gasteiger partial charge in [0.05, 0.1) is 22.2 Å². The van der Waals surface area contributed by atoms with Crippen LogP contribution < -0.4 is 15.0 Å². The lowest BCUT2D eigenvalue weighted by molar-refractivity contribution is 0.107. The van der Waals surface area contributed by atoms with Crippen LogP contribution in [-0.4, -0.2) is 81.5 Å². The van der Waals surface area contributed by atoms with Gasteiger partial charge < -0.3 is 20.1 Å². The van der Waals surface area contributed by atoms with E-state index in [1.165, 1.54) is 6.07 Å². The van der Waals surface area contributed by atoms with Gasteiger partial charge >= 0.3 is 6.01 Å². The number of aromatic nitrogens is 3. The second-order valence-electron chi connectivity index (χ2n) is 12.5. The van der Waals surface area contributed by atoms with E-state index in [0.29, 0.717) is 59.3 Å². The quantitative estimate of drug-likeness (QED) is 0.331. The first-order valence-electron chi connectivity index (χ1n) is 15.0. The van der Waals surface area contributed by atoms with Crippen LogP contribution in [0.15, 0.2) is 36.4 Å². The van der Waals surface area contributed by atoms with Crippen LogP contribution >= 0.6 is 0 Å². The fourth-order valence-electron chi connectivity index (χ4n) is 7.82. The summed E-state index contributed by atoms with van der Waals surface area (Å²) >= 11 is 0. The van der Waals surface area contributed by atoms with E-state index >= 15 is 0 Å². The molecule has 4 aliphatic heterocycles. The molecule has 10 heteroatoms. The monoisotopic (exact) mass is 582 g/mol. The van der Waals surface area contributed by atoms with Crippen LogP contribution in [-0.2, 0) is 0 Å². The van der Waals surface area contributed by atoms with Gasteiger partial charge in [-0.3, -0.25) is 4.90 Å². The number of alkyl halides is 1. The van der Waals surface area contributed by atoms with Crippen LogP contribution in [0.3, 0.4) is 0 Å². The Kier molecular flexibility index (Phi) is 6.17. The maximum Gasteiger partial charge on any atom is 0.320 e. The molecule has 4 aliphatic rings. The molecule has 4 aromatic rings. The molecule has 6 heterocycles. The molecule has 0 amide bonds. The second-order valence-corrected chi connectivity index (χ2v) is 12.5. The Bertz CT molecular complexity index is 1800. The minimum absolute atomic E-state index is 0.0192. The first kappa shape index (κ1) is 26.5. The van der Waals surface area contributed by atoms with Gasteiger partial charge in [0.15, 0.2) is 5.65 Å². The molecule has 8 rings (SSSR count). The number of anilines is 1. The number of hydrogen-bond donors (Lipinski definition) is 2. The molecule has 4 atom stereocenters. The number of ether oxygens (including phenoxy) is 1. The third kappa shape index (κ3) is 4.45. The molecule has 4 fully saturated rings. The van der Waals surface area contributed by atoms with Crippen LogP contribution in [0.1, 0.15) is 37.7 Å².